The molecule has 1 aliphatic heterocycles. The smallest absolute Gasteiger partial charge is 0.230 e. The van der Waals surface area contributed by atoms with Crippen LogP contribution in [0.2, 0.25) is 0 Å². The molecule has 3 heterocycles. The van der Waals surface area contributed by atoms with Gasteiger partial charge in [-0.3, -0.25) is 9.69 Å². The van der Waals surface area contributed by atoms with E-state index in [4.69, 9.17) is 0 Å². The zero-order valence-corrected chi connectivity index (χ0v) is 16.4. The molecule has 0 bridgehead atoms. The number of nitrogens with one attached hydrogen (secondary N) is 1. The summed E-state index contributed by atoms with van der Waals surface area (Å²) in [5.41, 5.74) is 4.63. The van der Waals surface area contributed by atoms with Gasteiger partial charge in [-0.05, 0) is 29.8 Å². The van der Waals surface area contributed by atoms with Gasteiger partial charge in [0.05, 0.1) is 17.6 Å². The first-order valence-electron chi connectivity index (χ1n) is 9.40. The molecule has 28 heavy (non-hydrogen) atoms. The molecule has 0 atom stereocenters. The fraction of sp³-hybridized carbons (Fsp3) is 0.286. The number of thiazole rings is 1. The van der Waals surface area contributed by atoms with Crippen LogP contribution in [0.25, 0.3) is 0 Å². The third-order valence-electron chi connectivity index (χ3n) is 4.81. The second-order valence-electron chi connectivity index (χ2n) is 6.85. The van der Waals surface area contributed by atoms with E-state index in [0.717, 1.165) is 49.9 Å². The summed E-state index contributed by atoms with van der Waals surface area (Å²) in [6.45, 7) is 4.93. The Bertz CT molecular complexity index is 875. The number of anilines is 2. The van der Waals surface area contributed by atoms with Crippen molar-refractivity contribution in [1.82, 2.24) is 14.9 Å². The molecule has 0 radical (unpaired) electrons. The van der Waals surface area contributed by atoms with E-state index in [-0.39, 0.29) is 5.91 Å². The van der Waals surface area contributed by atoms with Crippen molar-refractivity contribution in [1.29, 1.82) is 0 Å². The molecule has 144 valence electrons. The second kappa shape index (κ2) is 8.95. The Kier molecular flexibility index (Phi) is 5.94. The van der Waals surface area contributed by atoms with Gasteiger partial charge in [0.2, 0.25) is 5.91 Å². The number of rotatable bonds is 6. The Morgan fingerprint density at radius 1 is 1.04 bits per heavy atom. The molecule has 1 N–H and O–H groups in total. The van der Waals surface area contributed by atoms with Crippen molar-refractivity contribution in [3.05, 3.63) is 70.8 Å². The Balaban J connectivity index is 1.25. The molecule has 0 aliphatic carbocycles. The topological polar surface area (TPSA) is 61.4 Å². The second-order valence-corrected chi connectivity index (χ2v) is 7.57. The molecule has 0 saturated carbocycles. The van der Waals surface area contributed by atoms with Crippen LogP contribution in [0.4, 0.5) is 11.5 Å². The molecule has 3 aromatic rings. The van der Waals surface area contributed by atoms with Crippen molar-refractivity contribution in [2.45, 2.75) is 13.0 Å². The average Bonchev–Trinajstić information content (AvgIpc) is 3.24. The van der Waals surface area contributed by atoms with Gasteiger partial charge in [0.15, 0.2) is 0 Å². The van der Waals surface area contributed by atoms with E-state index in [2.05, 4.69) is 43.3 Å². The van der Waals surface area contributed by atoms with E-state index < -0.39 is 0 Å². The maximum atomic E-state index is 12.1. The molecule has 0 unspecified atom stereocenters. The van der Waals surface area contributed by atoms with Gasteiger partial charge in [-0.1, -0.05) is 18.2 Å². The highest BCUT2D eigenvalue weighted by molar-refractivity contribution is 7.07. The number of pyridine rings is 1. The number of carbonyl (C=O) groups is 1. The monoisotopic (exact) mass is 393 g/mol. The number of nitrogens with zero attached hydrogens (tertiary/aromatic N) is 4. The fourth-order valence-electron chi connectivity index (χ4n) is 3.32. The lowest BCUT2D eigenvalue weighted by molar-refractivity contribution is -0.115. The summed E-state index contributed by atoms with van der Waals surface area (Å²) in [5.74, 6) is 1.02. The molecule has 1 aliphatic rings. The molecule has 4 rings (SSSR count). The van der Waals surface area contributed by atoms with Gasteiger partial charge in [0.25, 0.3) is 0 Å². The van der Waals surface area contributed by atoms with Gasteiger partial charge in [0.1, 0.15) is 5.82 Å². The van der Waals surface area contributed by atoms with Crippen molar-refractivity contribution in [2.75, 3.05) is 36.4 Å². The normalized spacial score (nSPS) is 14.8. The van der Waals surface area contributed by atoms with Crippen molar-refractivity contribution >= 4 is 28.7 Å². The summed E-state index contributed by atoms with van der Waals surface area (Å²) >= 11 is 1.50. The zero-order valence-electron chi connectivity index (χ0n) is 15.6. The molecule has 7 heteroatoms. The summed E-state index contributed by atoms with van der Waals surface area (Å²) in [7, 11) is 0. The lowest BCUT2D eigenvalue weighted by Crippen LogP contribution is -2.46. The number of carbonyl (C=O) groups excluding carboxylic acids is 1. The number of piperazine rings is 1. The maximum absolute atomic E-state index is 12.1. The standard InChI is InChI=1S/C21H23N5OS/c27-21(13-19-15-28-16-23-19)24-18-6-4-17(5-7-18)14-25-9-11-26(12-10-25)20-3-1-2-8-22-20/h1-8,15-16H,9-14H2,(H,24,27). The number of benzene rings is 1. The fourth-order valence-corrected chi connectivity index (χ4v) is 3.88. The van der Waals surface area contributed by atoms with E-state index in [0.29, 0.717) is 6.42 Å². The van der Waals surface area contributed by atoms with E-state index in [1.807, 2.05) is 35.8 Å². The molecule has 6 nitrogen and oxygen atoms in total. The van der Waals surface area contributed by atoms with Crippen LogP contribution in [-0.2, 0) is 17.8 Å². The SMILES string of the molecule is O=C(Cc1cscn1)Nc1ccc(CN2CCN(c3ccccn3)CC2)cc1. The van der Waals surface area contributed by atoms with Gasteiger partial charge < -0.3 is 10.2 Å². The van der Waals surface area contributed by atoms with Crippen LogP contribution in [0.5, 0.6) is 0 Å². The Morgan fingerprint density at radius 2 is 1.86 bits per heavy atom. The van der Waals surface area contributed by atoms with Crippen LogP contribution in [-0.4, -0.2) is 47.0 Å². The summed E-state index contributed by atoms with van der Waals surface area (Å²) in [4.78, 5) is 25.4. The number of aromatic nitrogens is 2. The third-order valence-corrected chi connectivity index (χ3v) is 5.45. The molecule has 1 saturated heterocycles. The maximum Gasteiger partial charge on any atom is 0.230 e. The van der Waals surface area contributed by atoms with Crippen LogP contribution >= 0.6 is 11.3 Å². The molecule has 0 spiro atoms. The van der Waals surface area contributed by atoms with Crippen molar-refractivity contribution in [2.24, 2.45) is 0 Å². The largest absolute Gasteiger partial charge is 0.354 e. The summed E-state index contributed by atoms with van der Waals surface area (Å²) < 4.78 is 0. The van der Waals surface area contributed by atoms with E-state index in [1.54, 1.807) is 5.51 Å². The van der Waals surface area contributed by atoms with Gasteiger partial charge in [0, 0.05) is 50.0 Å². The lowest BCUT2D eigenvalue weighted by Gasteiger charge is -2.35. The summed E-state index contributed by atoms with van der Waals surface area (Å²) in [5, 5.41) is 4.83. The summed E-state index contributed by atoms with van der Waals surface area (Å²) in [6, 6.07) is 14.2. The Labute approximate surface area is 168 Å². The molecular formula is C21H23N5OS. The van der Waals surface area contributed by atoms with Crippen molar-refractivity contribution < 1.29 is 4.79 Å². The van der Waals surface area contributed by atoms with Gasteiger partial charge in [-0.2, -0.15) is 0 Å². The summed E-state index contributed by atoms with van der Waals surface area (Å²) in [6.07, 6.45) is 2.16. The highest BCUT2D eigenvalue weighted by Crippen LogP contribution is 2.16. The molecular weight excluding hydrogens is 370 g/mol. The minimum atomic E-state index is -0.0377. The van der Waals surface area contributed by atoms with Gasteiger partial charge in [-0.15, -0.1) is 11.3 Å². The van der Waals surface area contributed by atoms with Crippen LogP contribution in [0.15, 0.2) is 59.6 Å². The van der Waals surface area contributed by atoms with Gasteiger partial charge in [-0.25, -0.2) is 9.97 Å². The first-order chi connectivity index (χ1) is 13.8. The van der Waals surface area contributed by atoms with E-state index in [9.17, 15) is 4.79 Å². The van der Waals surface area contributed by atoms with E-state index >= 15 is 0 Å². The highest BCUT2D eigenvalue weighted by atomic mass is 32.1. The average molecular weight is 394 g/mol. The Morgan fingerprint density at radius 3 is 2.54 bits per heavy atom. The predicted octanol–water partition coefficient (Wildman–Crippen LogP) is 3.04. The third kappa shape index (κ3) is 4.94. The predicted molar refractivity (Wildman–Crippen MR) is 113 cm³/mol. The van der Waals surface area contributed by atoms with Crippen molar-refractivity contribution in [3.63, 3.8) is 0 Å². The quantitative estimate of drug-likeness (QED) is 0.698. The van der Waals surface area contributed by atoms with Crippen LogP contribution in [0.1, 0.15) is 11.3 Å². The Hall–Kier alpha value is -2.77. The molecule has 1 amide bonds. The number of hydrogen-bond donors (Lipinski definition) is 1. The van der Waals surface area contributed by atoms with Gasteiger partial charge >= 0.3 is 0 Å². The highest BCUT2D eigenvalue weighted by Gasteiger charge is 2.17. The zero-order chi connectivity index (χ0) is 19.2. The molecule has 1 fully saturated rings. The first-order valence-corrected chi connectivity index (χ1v) is 10.3. The molecule has 2 aromatic heterocycles. The number of hydrogen-bond acceptors (Lipinski definition) is 6. The molecule has 1 aromatic carbocycles. The minimum Gasteiger partial charge on any atom is -0.354 e. The van der Waals surface area contributed by atoms with E-state index in [1.165, 1.54) is 16.9 Å². The van der Waals surface area contributed by atoms with Crippen LogP contribution in [0.3, 0.4) is 0 Å². The number of amides is 1. The minimum absolute atomic E-state index is 0.0377. The van der Waals surface area contributed by atoms with Crippen LogP contribution in [0, 0.1) is 0 Å². The van der Waals surface area contributed by atoms with Crippen molar-refractivity contribution in [3.8, 4) is 0 Å². The van der Waals surface area contributed by atoms with Crippen LogP contribution < -0.4 is 10.2 Å². The first kappa shape index (κ1) is 18.6. The lowest BCUT2D eigenvalue weighted by atomic mass is 10.1.